The molecule has 0 atom stereocenters. The van der Waals surface area contributed by atoms with E-state index in [0.717, 1.165) is 5.69 Å². The van der Waals surface area contributed by atoms with Crippen molar-refractivity contribution in [2.75, 3.05) is 5.73 Å². The Labute approximate surface area is 83.6 Å². The molecule has 0 saturated carbocycles. The zero-order valence-electron chi connectivity index (χ0n) is 7.54. The summed E-state index contributed by atoms with van der Waals surface area (Å²) in [5, 5.41) is 6.23. The monoisotopic (exact) mass is 211 g/mol. The van der Waals surface area contributed by atoms with Crippen LogP contribution in [0.3, 0.4) is 0 Å². The number of hydrogen-bond donors (Lipinski definition) is 1. The van der Waals surface area contributed by atoms with Gasteiger partial charge in [-0.05, 0) is 0 Å². The van der Waals surface area contributed by atoms with Crippen LogP contribution < -0.4 is 11.4 Å². The van der Waals surface area contributed by atoms with Crippen molar-refractivity contribution in [2.45, 2.75) is 6.54 Å². The number of aromatic nitrogens is 4. The van der Waals surface area contributed by atoms with E-state index < -0.39 is 0 Å². The summed E-state index contributed by atoms with van der Waals surface area (Å²) in [5.41, 5.74) is 6.07. The fourth-order valence-corrected chi connectivity index (χ4v) is 1.63. The Morgan fingerprint density at radius 1 is 1.64 bits per heavy atom. The van der Waals surface area contributed by atoms with E-state index in [0.29, 0.717) is 11.7 Å². The van der Waals surface area contributed by atoms with Gasteiger partial charge in [0.25, 0.3) is 0 Å². The first-order valence-corrected chi connectivity index (χ1v) is 4.83. The van der Waals surface area contributed by atoms with Crippen LogP contribution in [0.1, 0.15) is 5.69 Å². The highest BCUT2D eigenvalue weighted by molar-refractivity contribution is 7.13. The maximum atomic E-state index is 11.4. The Morgan fingerprint density at radius 3 is 2.93 bits per heavy atom. The molecule has 0 unspecified atom stereocenters. The van der Waals surface area contributed by atoms with E-state index >= 15 is 0 Å². The molecule has 2 heterocycles. The predicted octanol–water partition coefficient (Wildman–Crippen LogP) is -0.331. The van der Waals surface area contributed by atoms with Crippen LogP contribution in [0.4, 0.5) is 5.13 Å². The first-order chi connectivity index (χ1) is 6.66. The Balaban J connectivity index is 2.27. The second-order valence-electron chi connectivity index (χ2n) is 2.86. The molecule has 0 radical (unpaired) electrons. The molecule has 0 aliphatic carbocycles. The number of aryl methyl sites for hydroxylation is 1. The van der Waals surface area contributed by atoms with E-state index in [1.165, 1.54) is 26.9 Å². The lowest BCUT2D eigenvalue weighted by Crippen LogP contribution is -2.23. The van der Waals surface area contributed by atoms with Crippen LogP contribution in [-0.2, 0) is 13.6 Å². The third-order valence-electron chi connectivity index (χ3n) is 1.77. The number of nitrogens with zero attached hydrogens (tertiary/aromatic N) is 4. The number of anilines is 1. The number of thiazole rings is 1. The lowest BCUT2D eigenvalue weighted by atomic mass is 10.5. The number of nitrogen functional groups attached to an aromatic ring is 1. The largest absolute Gasteiger partial charge is 0.375 e. The lowest BCUT2D eigenvalue weighted by Gasteiger charge is -1.93. The summed E-state index contributed by atoms with van der Waals surface area (Å²) < 4.78 is 2.75. The molecular weight excluding hydrogens is 202 g/mol. The molecule has 0 saturated heterocycles. The molecule has 2 aromatic heterocycles. The molecule has 6 nitrogen and oxygen atoms in total. The third-order valence-corrected chi connectivity index (χ3v) is 2.49. The molecule has 0 aromatic carbocycles. The Kier molecular flexibility index (Phi) is 2.08. The van der Waals surface area contributed by atoms with Gasteiger partial charge in [-0.3, -0.25) is 4.57 Å². The fraction of sp³-hybridized carbons (Fsp3) is 0.286. The molecule has 0 bridgehead atoms. The minimum atomic E-state index is -0.156. The summed E-state index contributed by atoms with van der Waals surface area (Å²) in [6.45, 7) is 0.368. The van der Waals surface area contributed by atoms with E-state index in [1.807, 2.05) is 5.38 Å². The average Bonchev–Trinajstić information content (AvgIpc) is 2.67. The summed E-state index contributed by atoms with van der Waals surface area (Å²) in [6.07, 6.45) is 1.47. The standard InChI is InChI=1S/C7H9N5OS/c1-11-4-9-12(7(11)13)2-5-3-14-6(8)10-5/h3-4H,2H2,1H3,(H2,8,10). The number of nitrogens with two attached hydrogens (primary N) is 1. The molecule has 0 spiro atoms. The Bertz CT molecular complexity index is 496. The molecule has 0 aliphatic heterocycles. The van der Waals surface area contributed by atoms with E-state index in [4.69, 9.17) is 5.73 Å². The van der Waals surface area contributed by atoms with E-state index in [1.54, 1.807) is 7.05 Å². The van der Waals surface area contributed by atoms with Crippen molar-refractivity contribution in [3.8, 4) is 0 Å². The van der Waals surface area contributed by atoms with Crippen LogP contribution in [-0.4, -0.2) is 19.3 Å². The minimum absolute atomic E-state index is 0.156. The van der Waals surface area contributed by atoms with Crippen molar-refractivity contribution in [2.24, 2.45) is 7.05 Å². The molecule has 0 amide bonds. The second-order valence-corrected chi connectivity index (χ2v) is 3.75. The van der Waals surface area contributed by atoms with Crippen LogP contribution >= 0.6 is 11.3 Å². The van der Waals surface area contributed by atoms with E-state index in [-0.39, 0.29) is 5.69 Å². The molecule has 2 N–H and O–H groups in total. The van der Waals surface area contributed by atoms with Gasteiger partial charge >= 0.3 is 5.69 Å². The summed E-state index contributed by atoms with van der Waals surface area (Å²) in [6, 6.07) is 0. The molecule has 7 heteroatoms. The summed E-state index contributed by atoms with van der Waals surface area (Å²) in [7, 11) is 1.65. The van der Waals surface area contributed by atoms with Crippen molar-refractivity contribution >= 4 is 16.5 Å². The van der Waals surface area contributed by atoms with Crippen molar-refractivity contribution < 1.29 is 0 Å². The topological polar surface area (TPSA) is 78.7 Å². The highest BCUT2D eigenvalue weighted by atomic mass is 32.1. The smallest absolute Gasteiger partial charge is 0.345 e. The van der Waals surface area contributed by atoms with Gasteiger partial charge < -0.3 is 5.73 Å². The fourth-order valence-electron chi connectivity index (χ4n) is 1.08. The zero-order valence-corrected chi connectivity index (χ0v) is 8.36. The zero-order chi connectivity index (χ0) is 10.1. The first-order valence-electron chi connectivity index (χ1n) is 3.95. The maximum absolute atomic E-state index is 11.4. The van der Waals surface area contributed by atoms with Crippen molar-refractivity contribution in [1.82, 2.24) is 19.3 Å². The molecule has 0 fully saturated rings. The molecule has 74 valence electrons. The molecule has 2 aromatic rings. The number of rotatable bonds is 2. The minimum Gasteiger partial charge on any atom is -0.375 e. The van der Waals surface area contributed by atoms with Crippen molar-refractivity contribution in [3.05, 3.63) is 27.9 Å². The van der Waals surface area contributed by atoms with E-state index in [2.05, 4.69) is 10.1 Å². The Morgan fingerprint density at radius 2 is 2.43 bits per heavy atom. The predicted molar refractivity (Wildman–Crippen MR) is 53.1 cm³/mol. The lowest BCUT2D eigenvalue weighted by molar-refractivity contribution is 0.638. The van der Waals surface area contributed by atoms with Gasteiger partial charge in [0.15, 0.2) is 5.13 Å². The van der Waals surface area contributed by atoms with Crippen LogP contribution in [0.5, 0.6) is 0 Å². The summed E-state index contributed by atoms with van der Waals surface area (Å²) in [5.74, 6) is 0. The highest BCUT2D eigenvalue weighted by Gasteiger charge is 2.04. The van der Waals surface area contributed by atoms with Crippen LogP contribution in [0, 0.1) is 0 Å². The van der Waals surface area contributed by atoms with Crippen molar-refractivity contribution in [3.63, 3.8) is 0 Å². The van der Waals surface area contributed by atoms with Crippen LogP contribution in [0.15, 0.2) is 16.5 Å². The first kappa shape index (κ1) is 8.95. The average molecular weight is 211 g/mol. The van der Waals surface area contributed by atoms with Crippen molar-refractivity contribution in [1.29, 1.82) is 0 Å². The number of hydrogen-bond acceptors (Lipinski definition) is 5. The van der Waals surface area contributed by atoms with E-state index in [9.17, 15) is 4.79 Å². The van der Waals surface area contributed by atoms with Gasteiger partial charge in [0.1, 0.15) is 6.33 Å². The SMILES string of the molecule is Cn1cnn(Cc2csc(N)n2)c1=O. The Hall–Kier alpha value is -1.63. The highest BCUT2D eigenvalue weighted by Crippen LogP contribution is 2.10. The van der Waals surface area contributed by atoms with Crippen LogP contribution in [0.2, 0.25) is 0 Å². The van der Waals surface area contributed by atoms with Gasteiger partial charge in [-0.25, -0.2) is 14.5 Å². The third kappa shape index (κ3) is 1.53. The van der Waals surface area contributed by atoms with Crippen LogP contribution in [0.25, 0.3) is 0 Å². The van der Waals surface area contributed by atoms with Gasteiger partial charge in [0.2, 0.25) is 0 Å². The maximum Gasteiger partial charge on any atom is 0.345 e. The van der Waals surface area contributed by atoms with Gasteiger partial charge in [-0.15, -0.1) is 11.3 Å². The summed E-state index contributed by atoms with van der Waals surface area (Å²) in [4.78, 5) is 15.4. The quantitative estimate of drug-likeness (QED) is 0.737. The molecular formula is C7H9N5OS. The molecule has 14 heavy (non-hydrogen) atoms. The van der Waals surface area contributed by atoms with Gasteiger partial charge in [-0.2, -0.15) is 5.10 Å². The van der Waals surface area contributed by atoms with Gasteiger partial charge in [-0.1, -0.05) is 0 Å². The normalized spacial score (nSPS) is 10.6. The molecule has 2 rings (SSSR count). The molecule has 0 aliphatic rings. The summed E-state index contributed by atoms with van der Waals surface area (Å²) >= 11 is 1.35. The van der Waals surface area contributed by atoms with Gasteiger partial charge in [0, 0.05) is 12.4 Å². The van der Waals surface area contributed by atoms with Gasteiger partial charge in [0.05, 0.1) is 12.2 Å². The second kappa shape index (κ2) is 3.26.